The van der Waals surface area contributed by atoms with Crippen LogP contribution in [0.1, 0.15) is 19.8 Å². The summed E-state index contributed by atoms with van der Waals surface area (Å²) in [5.74, 6) is -0.828. The molecule has 7 heteroatoms. The molecule has 114 valence electrons. The number of nitrogens with zero attached hydrogens (tertiary/aromatic N) is 2. The van der Waals surface area contributed by atoms with Crippen LogP contribution in [0.25, 0.3) is 0 Å². The molecule has 0 aliphatic carbocycles. The van der Waals surface area contributed by atoms with Crippen molar-refractivity contribution in [2.24, 2.45) is 5.41 Å². The first kappa shape index (κ1) is 15.1. The molecule has 2 aliphatic heterocycles. The molecule has 0 bridgehead atoms. The molecule has 7 nitrogen and oxygen atoms in total. The number of morpholine rings is 1. The number of hydrogen-bond acceptors (Lipinski definition) is 4. The zero-order chi connectivity index (χ0) is 14.8. The number of carbonyl (C=O) groups excluding carboxylic acids is 1. The molecule has 2 rings (SSSR count). The van der Waals surface area contributed by atoms with E-state index in [1.54, 1.807) is 9.80 Å². The Balaban J connectivity index is 1.99. The SMILES string of the molecule is CCC1(C(=O)O)CCN(C(=O)N2CCOC(CO)C2)C1. The molecule has 0 radical (unpaired) electrons. The normalized spacial score (nSPS) is 30.6. The van der Waals surface area contributed by atoms with Crippen LogP contribution in [-0.4, -0.2) is 77.5 Å². The van der Waals surface area contributed by atoms with E-state index < -0.39 is 11.4 Å². The number of carboxylic acids is 1. The second-order valence-corrected chi connectivity index (χ2v) is 5.51. The second kappa shape index (κ2) is 5.97. The van der Waals surface area contributed by atoms with Crippen molar-refractivity contribution in [2.45, 2.75) is 25.9 Å². The smallest absolute Gasteiger partial charge is 0.320 e. The van der Waals surface area contributed by atoms with Crippen LogP contribution in [0, 0.1) is 5.41 Å². The van der Waals surface area contributed by atoms with Crippen molar-refractivity contribution in [3.8, 4) is 0 Å². The Labute approximate surface area is 118 Å². The largest absolute Gasteiger partial charge is 0.481 e. The van der Waals surface area contributed by atoms with Crippen LogP contribution >= 0.6 is 0 Å². The number of amides is 2. The third-order valence-electron chi connectivity index (χ3n) is 4.37. The Hall–Kier alpha value is -1.34. The highest BCUT2D eigenvalue weighted by Gasteiger charge is 2.45. The Kier molecular flexibility index (Phi) is 4.49. The second-order valence-electron chi connectivity index (χ2n) is 5.51. The monoisotopic (exact) mass is 286 g/mol. The number of carboxylic acid groups (broad SMARTS) is 1. The summed E-state index contributed by atoms with van der Waals surface area (Å²) in [5.41, 5.74) is -0.807. The number of ether oxygens (including phenoxy) is 1. The summed E-state index contributed by atoms with van der Waals surface area (Å²) in [6, 6.07) is -0.150. The van der Waals surface area contributed by atoms with E-state index in [0.29, 0.717) is 39.1 Å². The lowest BCUT2D eigenvalue weighted by Crippen LogP contribution is -2.51. The van der Waals surface area contributed by atoms with Gasteiger partial charge in [-0.3, -0.25) is 4.79 Å². The quantitative estimate of drug-likeness (QED) is 0.761. The molecule has 2 saturated heterocycles. The van der Waals surface area contributed by atoms with Crippen molar-refractivity contribution in [2.75, 3.05) is 39.4 Å². The van der Waals surface area contributed by atoms with Crippen molar-refractivity contribution < 1.29 is 24.5 Å². The molecule has 2 N–H and O–H groups in total. The molecule has 20 heavy (non-hydrogen) atoms. The first-order valence-electron chi connectivity index (χ1n) is 7.02. The van der Waals surface area contributed by atoms with E-state index in [9.17, 15) is 14.7 Å². The molecule has 0 saturated carbocycles. The van der Waals surface area contributed by atoms with Gasteiger partial charge >= 0.3 is 12.0 Å². The topological polar surface area (TPSA) is 90.3 Å². The van der Waals surface area contributed by atoms with Crippen LogP contribution in [-0.2, 0) is 9.53 Å². The van der Waals surface area contributed by atoms with Gasteiger partial charge in [0.1, 0.15) is 0 Å². The number of aliphatic hydroxyl groups excluding tert-OH is 1. The van der Waals surface area contributed by atoms with Crippen LogP contribution < -0.4 is 0 Å². The first-order chi connectivity index (χ1) is 9.52. The van der Waals surface area contributed by atoms with E-state index in [0.717, 1.165) is 0 Å². The number of rotatable bonds is 3. The summed E-state index contributed by atoms with van der Waals surface area (Å²) in [4.78, 5) is 27.0. The molecule has 2 unspecified atom stereocenters. The maximum absolute atomic E-state index is 12.4. The molecule has 2 aliphatic rings. The van der Waals surface area contributed by atoms with Gasteiger partial charge in [-0.15, -0.1) is 0 Å². The van der Waals surface area contributed by atoms with Gasteiger partial charge in [-0.05, 0) is 12.8 Å². The van der Waals surface area contributed by atoms with Gasteiger partial charge in [0, 0.05) is 19.6 Å². The average molecular weight is 286 g/mol. The minimum atomic E-state index is -0.828. The molecular weight excluding hydrogens is 264 g/mol. The Bertz CT molecular complexity index is 389. The fourth-order valence-corrected chi connectivity index (χ4v) is 2.85. The molecule has 2 heterocycles. The number of aliphatic hydroxyl groups is 1. The van der Waals surface area contributed by atoms with E-state index in [1.165, 1.54) is 0 Å². The highest BCUT2D eigenvalue weighted by Crippen LogP contribution is 2.34. The van der Waals surface area contributed by atoms with Crippen LogP contribution in [0.15, 0.2) is 0 Å². The van der Waals surface area contributed by atoms with E-state index in [4.69, 9.17) is 9.84 Å². The molecule has 2 amide bonds. The Morgan fingerprint density at radius 2 is 2.10 bits per heavy atom. The zero-order valence-electron chi connectivity index (χ0n) is 11.7. The summed E-state index contributed by atoms with van der Waals surface area (Å²) >= 11 is 0. The lowest BCUT2D eigenvalue weighted by molar-refractivity contribution is -0.148. The molecule has 0 aromatic rings. The maximum Gasteiger partial charge on any atom is 0.320 e. The van der Waals surface area contributed by atoms with Gasteiger partial charge in [0.2, 0.25) is 0 Å². The van der Waals surface area contributed by atoms with Crippen molar-refractivity contribution in [3.05, 3.63) is 0 Å². The number of hydrogen-bond donors (Lipinski definition) is 2. The lowest BCUT2D eigenvalue weighted by Gasteiger charge is -2.35. The lowest BCUT2D eigenvalue weighted by atomic mass is 9.84. The Morgan fingerprint density at radius 1 is 1.35 bits per heavy atom. The fourth-order valence-electron chi connectivity index (χ4n) is 2.85. The van der Waals surface area contributed by atoms with Crippen LogP contribution in [0.3, 0.4) is 0 Å². The summed E-state index contributed by atoms with van der Waals surface area (Å²) < 4.78 is 5.31. The summed E-state index contributed by atoms with van der Waals surface area (Å²) in [5, 5.41) is 18.4. The van der Waals surface area contributed by atoms with Gasteiger partial charge in [0.05, 0.1) is 31.3 Å². The van der Waals surface area contributed by atoms with Gasteiger partial charge in [0.25, 0.3) is 0 Å². The molecule has 0 aromatic carbocycles. The standard InChI is InChI=1S/C13H22N2O5/c1-2-13(11(17)18)3-4-15(9-13)12(19)14-5-6-20-10(7-14)8-16/h10,16H,2-9H2,1H3,(H,17,18). The van der Waals surface area contributed by atoms with Crippen LogP contribution in [0.2, 0.25) is 0 Å². The average Bonchev–Trinajstić information content (AvgIpc) is 2.92. The van der Waals surface area contributed by atoms with E-state index in [2.05, 4.69) is 0 Å². The fraction of sp³-hybridized carbons (Fsp3) is 0.846. The van der Waals surface area contributed by atoms with Crippen molar-refractivity contribution in [3.63, 3.8) is 0 Å². The minimum absolute atomic E-state index is 0.113. The molecule has 2 atom stereocenters. The van der Waals surface area contributed by atoms with Gasteiger partial charge < -0.3 is 24.7 Å². The molecular formula is C13H22N2O5. The number of likely N-dealkylation sites (tertiary alicyclic amines) is 1. The van der Waals surface area contributed by atoms with E-state index in [1.807, 2.05) is 6.92 Å². The predicted molar refractivity (Wildman–Crippen MR) is 70.3 cm³/mol. The van der Waals surface area contributed by atoms with E-state index in [-0.39, 0.29) is 25.3 Å². The maximum atomic E-state index is 12.4. The molecule has 0 aromatic heterocycles. The zero-order valence-corrected chi connectivity index (χ0v) is 11.7. The summed E-state index contributed by atoms with van der Waals surface area (Å²) in [6.45, 7) is 3.72. The van der Waals surface area contributed by atoms with Gasteiger partial charge in [-0.25, -0.2) is 4.79 Å². The van der Waals surface area contributed by atoms with Crippen LogP contribution in [0.4, 0.5) is 4.79 Å². The summed E-state index contributed by atoms with van der Waals surface area (Å²) in [6.07, 6.45) is 0.679. The highest BCUT2D eigenvalue weighted by molar-refractivity contribution is 5.79. The van der Waals surface area contributed by atoms with Crippen molar-refractivity contribution >= 4 is 12.0 Å². The number of urea groups is 1. The van der Waals surface area contributed by atoms with Crippen molar-refractivity contribution in [1.82, 2.24) is 9.80 Å². The van der Waals surface area contributed by atoms with E-state index >= 15 is 0 Å². The van der Waals surface area contributed by atoms with Gasteiger partial charge in [-0.1, -0.05) is 6.92 Å². The van der Waals surface area contributed by atoms with Gasteiger partial charge in [-0.2, -0.15) is 0 Å². The minimum Gasteiger partial charge on any atom is -0.481 e. The molecule has 2 fully saturated rings. The third kappa shape index (κ3) is 2.73. The van der Waals surface area contributed by atoms with Crippen LogP contribution in [0.5, 0.6) is 0 Å². The summed E-state index contributed by atoms with van der Waals surface area (Å²) in [7, 11) is 0. The van der Waals surface area contributed by atoms with Crippen molar-refractivity contribution in [1.29, 1.82) is 0 Å². The Morgan fingerprint density at radius 3 is 2.65 bits per heavy atom. The predicted octanol–water partition coefficient (Wildman–Crippen LogP) is -0.0138. The van der Waals surface area contributed by atoms with Gasteiger partial charge in [0.15, 0.2) is 0 Å². The third-order valence-corrected chi connectivity index (χ3v) is 4.37. The first-order valence-corrected chi connectivity index (χ1v) is 7.02. The number of aliphatic carboxylic acids is 1. The highest BCUT2D eigenvalue weighted by atomic mass is 16.5. The number of carbonyl (C=O) groups is 2. The molecule has 0 spiro atoms.